The van der Waals surface area contributed by atoms with Crippen LogP contribution in [-0.4, -0.2) is 35.8 Å². The SMILES string of the molecule is CCc1nn2c(c1-c1ccc(OC)cc1)NC(=O)C2CC(=O)Nc1cc(Cl)ccc1OC. The van der Waals surface area contributed by atoms with Crippen LogP contribution in [-0.2, 0) is 16.0 Å². The van der Waals surface area contributed by atoms with E-state index in [4.69, 9.17) is 21.1 Å². The fraction of sp³-hybridized carbons (Fsp3) is 0.261. The van der Waals surface area contributed by atoms with E-state index >= 15 is 0 Å². The van der Waals surface area contributed by atoms with Crippen LogP contribution in [0, 0.1) is 0 Å². The normalized spacial score (nSPS) is 14.6. The van der Waals surface area contributed by atoms with Crippen LogP contribution in [0.2, 0.25) is 5.02 Å². The number of anilines is 2. The Morgan fingerprint density at radius 3 is 2.59 bits per heavy atom. The molecule has 0 bridgehead atoms. The Morgan fingerprint density at radius 2 is 1.94 bits per heavy atom. The zero-order valence-corrected chi connectivity index (χ0v) is 18.7. The Morgan fingerprint density at radius 1 is 1.19 bits per heavy atom. The van der Waals surface area contributed by atoms with Crippen LogP contribution >= 0.6 is 11.6 Å². The van der Waals surface area contributed by atoms with Crippen LogP contribution in [0.5, 0.6) is 11.5 Å². The second-order valence-corrected chi connectivity index (χ2v) is 7.74. The van der Waals surface area contributed by atoms with Crippen LogP contribution in [0.15, 0.2) is 42.5 Å². The second kappa shape index (κ2) is 8.92. The second-order valence-electron chi connectivity index (χ2n) is 7.30. The molecule has 8 nitrogen and oxygen atoms in total. The lowest BCUT2D eigenvalue weighted by Gasteiger charge is -2.13. The molecule has 2 heterocycles. The number of carbonyl (C=O) groups excluding carboxylic acids is 2. The minimum Gasteiger partial charge on any atom is -0.497 e. The number of fused-ring (bicyclic) bond motifs is 1. The molecular formula is C23H23ClN4O4. The molecule has 0 fully saturated rings. The Bertz CT molecular complexity index is 1170. The lowest BCUT2D eigenvalue weighted by molar-refractivity contribution is -0.123. The number of nitrogens with zero attached hydrogens (tertiary/aromatic N) is 2. The number of aryl methyl sites for hydroxylation is 1. The van der Waals surface area contributed by atoms with Crippen LogP contribution in [0.3, 0.4) is 0 Å². The molecule has 9 heteroatoms. The third-order valence-corrected chi connectivity index (χ3v) is 5.59. The third kappa shape index (κ3) is 4.01. The van der Waals surface area contributed by atoms with Gasteiger partial charge in [-0.25, -0.2) is 4.68 Å². The number of hydrogen-bond acceptors (Lipinski definition) is 5. The molecule has 4 rings (SSSR count). The molecule has 1 unspecified atom stereocenters. The summed E-state index contributed by atoms with van der Waals surface area (Å²) in [5.74, 6) is 1.19. The predicted molar refractivity (Wildman–Crippen MR) is 123 cm³/mol. The molecule has 0 saturated carbocycles. The number of methoxy groups -OCH3 is 2. The molecule has 0 saturated heterocycles. The molecule has 1 atom stereocenters. The predicted octanol–water partition coefficient (Wildman–Crippen LogP) is 4.31. The zero-order chi connectivity index (χ0) is 22.8. The highest BCUT2D eigenvalue weighted by atomic mass is 35.5. The first-order chi connectivity index (χ1) is 15.4. The van der Waals surface area contributed by atoms with E-state index in [9.17, 15) is 9.59 Å². The summed E-state index contributed by atoms with van der Waals surface area (Å²) in [6.45, 7) is 2.00. The molecule has 3 aromatic rings. The first-order valence-corrected chi connectivity index (χ1v) is 10.5. The van der Waals surface area contributed by atoms with E-state index in [1.54, 1.807) is 30.0 Å². The quantitative estimate of drug-likeness (QED) is 0.555. The summed E-state index contributed by atoms with van der Waals surface area (Å²) in [5, 5.41) is 10.8. The summed E-state index contributed by atoms with van der Waals surface area (Å²) in [7, 11) is 3.12. The maximum Gasteiger partial charge on any atom is 0.251 e. The smallest absolute Gasteiger partial charge is 0.251 e. The van der Waals surface area contributed by atoms with Gasteiger partial charge < -0.3 is 20.1 Å². The maximum absolute atomic E-state index is 12.8. The fourth-order valence-electron chi connectivity index (χ4n) is 3.78. The van der Waals surface area contributed by atoms with Gasteiger partial charge in [0.25, 0.3) is 5.91 Å². The standard InChI is InChI=1S/C23H23ClN4O4/c1-4-16-21(13-5-8-15(31-2)9-6-13)22-26-23(30)18(28(22)27-16)12-20(29)25-17-11-14(24)7-10-19(17)32-3/h5-11,18H,4,12H2,1-3H3,(H,25,29)(H,26,30). The van der Waals surface area contributed by atoms with Crippen molar-refractivity contribution in [1.82, 2.24) is 9.78 Å². The van der Waals surface area contributed by atoms with Crippen LogP contribution < -0.4 is 20.1 Å². The number of ether oxygens (including phenoxy) is 2. The van der Waals surface area contributed by atoms with Gasteiger partial charge in [-0.1, -0.05) is 30.7 Å². The summed E-state index contributed by atoms with van der Waals surface area (Å²) < 4.78 is 12.1. The number of nitrogens with one attached hydrogen (secondary N) is 2. The molecule has 0 radical (unpaired) electrons. The Balaban J connectivity index is 1.61. The van der Waals surface area contributed by atoms with Crippen molar-refractivity contribution in [1.29, 1.82) is 0 Å². The van der Waals surface area contributed by atoms with E-state index in [1.165, 1.54) is 7.11 Å². The lowest BCUT2D eigenvalue weighted by atomic mass is 10.0. The number of aromatic nitrogens is 2. The molecule has 1 aliphatic rings. The number of amides is 2. The molecule has 2 N–H and O–H groups in total. The van der Waals surface area contributed by atoms with E-state index in [2.05, 4.69) is 15.7 Å². The molecule has 32 heavy (non-hydrogen) atoms. The summed E-state index contributed by atoms with van der Waals surface area (Å²) >= 11 is 6.04. The molecule has 166 valence electrons. The van der Waals surface area contributed by atoms with Gasteiger partial charge >= 0.3 is 0 Å². The molecular weight excluding hydrogens is 432 g/mol. The number of halogens is 1. The highest BCUT2D eigenvalue weighted by molar-refractivity contribution is 6.31. The molecule has 1 aromatic heterocycles. The summed E-state index contributed by atoms with van der Waals surface area (Å²) in [5.41, 5.74) is 3.05. The van der Waals surface area contributed by atoms with E-state index in [0.717, 1.165) is 22.6 Å². The summed E-state index contributed by atoms with van der Waals surface area (Å²) in [6.07, 6.45) is 0.594. The van der Waals surface area contributed by atoms with Gasteiger partial charge in [0.1, 0.15) is 23.4 Å². The first kappa shape index (κ1) is 21.7. The van der Waals surface area contributed by atoms with Gasteiger partial charge in [-0.05, 0) is 42.3 Å². The average molecular weight is 455 g/mol. The van der Waals surface area contributed by atoms with Crippen molar-refractivity contribution in [2.24, 2.45) is 0 Å². The van der Waals surface area contributed by atoms with Gasteiger partial charge in [0, 0.05) is 10.6 Å². The minimum atomic E-state index is -0.757. The number of hydrogen-bond donors (Lipinski definition) is 2. The molecule has 1 aliphatic heterocycles. The molecule has 2 aromatic carbocycles. The zero-order valence-electron chi connectivity index (χ0n) is 17.9. The number of carbonyl (C=O) groups is 2. The van der Waals surface area contributed by atoms with Crippen LogP contribution in [0.1, 0.15) is 25.1 Å². The van der Waals surface area contributed by atoms with Crippen LogP contribution in [0.4, 0.5) is 11.5 Å². The van der Waals surface area contributed by atoms with E-state index in [-0.39, 0.29) is 18.2 Å². The molecule has 2 amide bonds. The number of rotatable bonds is 7. The average Bonchev–Trinajstić information content (AvgIpc) is 3.29. The van der Waals surface area contributed by atoms with E-state index in [1.807, 2.05) is 31.2 Å². The fourth-order valence-corrected chi connectivity index (χ4v) is 3.95. The van der Waals surface area contributed by atoms with Gasteiger partial charge in [-0.2, -0.15) is 5.10 Å². The Kier molecular flexibility index (Phi) is 6.05. The highest BCUT2D eigenvalue weighted by Gasteiger charge is 2.36. The monoisotopic (exact) mass is 454 g/mol. The summed E-state index contributed by atoms with van der Waals surface area (Å²) in [6, 6.07) is 11.7. The topological polar surface area (TPSA) is 94.5 Å². The van der Waals surface area contributed by atoms with Gasteiger partial charge in [0.15, 0.2) is 0 Å². The van der Waals surface area contributed by atoms with Crippen molar-refractivity contribution in [2.75, 3.05) is 24.9 Å². The van der Waals surface area contributed by atoms with Crippen molar-refractivity contribution in [3.05, 3.63) is 53.2 Å². The molecule has 0 aliphatic carbocycles. The van der Waals surface area contributed by atoms with Gasteiger partial charge in [0.2, 0.25) is 5.91 Å². The summed E-state index contributed by atoms with van der Waals surface area (Å²) in [4.78, 5) is 25.5. The maximum atomic E-state index is 12.8. The van der Waals surface area contributed by atoms with Crippen molar-refractivity contribution >= 4 is 34.9 Å². The Hall–Kier alpha value is -3.52. The third-order valence-electron chi connectivity index (χ3n) is 5.35. The van der Waals surface area contributed by atoms with Crippen molar-refractivity contribution in [2.45, 2.75) is 25.8 Å². The van der Waals surface area contributed by atoms with Crippen molar-refractivity contribution in [3.8, 4) is 22.6 Å². The minimum absolute atomic E-state index is 0.0820. The van der Waals surface area contributed by atoms with Gasteiger partial charge in [0.05, 0.1) is 32.0 Å². The largest absolute Gasteiger partial charge is 0.497 e. The lowest BCUT2D eigenvalue weighted by Crippen LogP contribution is -2.24. The van der Waals surface area contributed by atoms with E-state index in [0.29, 0.717) is 28.7 Å². The Labute approximate surface area is 190 Å². The first-order valence-electron chi connectivity index (χ1n) is 10.1. The van der Waals surface area contributed by atoms with E-state index < -0.39 is 6.04 Å². The highest BCUT2D eigenvalue weighted by Crippen LogP contribution is 2.39. The molecule has 0 spiro atoms. The van der Waals surface area contributed by atoms with Crippen molar-refractivity contribution in [3.63, 3.8) is 0 Å². The van der Waals surface area contributed by atoms with Gasteiger partial charge in [-0.3, -0.25) is 9.59 Å². The van der Waals surface area contributed by atoms with Crippen molar-refractivity contribution < 1.29 is 19.1 Å². The van der Waals surface area contributed by atoms with Gasteiger partial charge in [-0.15, -0.1) is 0 Å². The number of benzene rings is 2. The van der Waals surface area contributed by atoms with Crippen LogP contribution in [0.25, 0.3) is 11.1 Å².